The molecule has 0 spiro atoms. The molecule has 0 radical (unpaired) electrons. The zero-order chi connectivity index (χ0) is 18.5. The van der Waals surface area contributed by atoms with E-state index in [1.54, 1.807) is 35.6 Å². The van der Waals surface area contributed by atoms with E-state index in [9.17, 15) is 10.0 Å². The Labute approximate surface area is 162 Å². The van der Waals surface area contributed by atoms with E-state index in [1.807, 2.05) is 0 Å². The molecule has 0 fully saturated rings. The Bertz CT molecular complexity index is 1130. The van der Waals surface area contributed by atoms with Crippen LogP contribution in [0.1, 0.15) is 28.8 Å². The van der Waals surface area contributed by atoms with Crippen LogP contribution in [-0.2, 0) is 12.8 Å². The van der Waals surface area contributed by atoms with Crippen molar-refractivity contribution in [3.63, 3.8) is 0 Å². The van der Waals surface area contributed by atoms with Gasteiger partial charge in [-0.05, 0) is 48.9 Å². The van der Waals surface area contributed by atoms with Crippen LogP contribution < -0.4 is 10.8 Å². The molecule has 2 N–H and O–H groups in total. The quantitative estimate of drug-likeness (QED) is 0.507. The van der Waals surface area contributed by atoms with Crippen molar-refractivity contribution in [3.05, 3.63) is 55.8 Å². The van der Waals surface area contributed by atoms with E-state index < -0.39 is 5.23 Å². The number of nitrogens with zero attached hydrogens (tertiary/aromatic N) is 3. The van der Waals surface area contributed by atoms with Gasteiger partial charge in [0.1, 0.15) is 4.83 Å². The molecule has 7 nitrogen and oxygen atoms in total. The number of nitrogens with one attached hydrogen (secondary N) is 1. The van der Waals surface area contributed by atoms with Gasteiger partial charge >= 0.3 is 0 Å². The van der Waals surface area contributed by atoms with Gasteiger partial charge in [0.05, 0.1) is 11.1 Å². The normalized spacial score (nSPS) is 17.3. The zero-order valence-electron chi connectivity index (χ0n) is 14.3. The monoisotopic (exact) mass is 400 g/mol. The summed E-state index contributed by atoms with van der Waals surface area (Å²) in [5.41, 5.74) is 2.86. The number of hydrogen-bond acceptors (Lipinski definition) is 7. The fourth-order valence-corrected chi connectivity index (χ4v) is 5.79. The van der Waals surface area contributed by atoms with Gasteiger partial charge in [0.15, 0.2) is 10.8 Å². The predicted molar refractivity (Wildman–Crippen MR) is 105 cm³/mol. The molecule has 1 aromatic carbocycles. The second-order valence-electron chi connectivity index (χ2n) is 6.62. The van der Waals surface area contributed by atoms with E-state index in [2.05, 4.69) is 5.10 Å². The van der Waals surface area contributed by atoms with Gasteiger partial charge < -0.3 is 5.21 Å². The van der Waals surface area contributed by atoms with Gasteiger partial charge in [-0.2, -0.15) is 15.0 Å². The highest BCUT2D eigenvalue weighted by Gasteiger charge is 2.24. The van der Waals surface area contributed by atoms with E-state index in [4.69, 9.17) is 10.2 Å². The van der Waals surface area contributed by atoms with Gasteiger partial charge in [-0.1, -0.05) is 11.8 Å². The van der Waals surface area contributed by atoms with E-state index in [1.165, 1.54) is 27.7 Å². The Morgan fingerprint density at radius 1 is 1.19 bits per heavy atom. The molecule has 3 aromatic rings. The van der Waals surface area contributed by atoms with Crippen LogP contribution in [0.5, 0.6) is 0 Å². The number of rotatable bonds is 2. The Morgan fingerprint density at radius 2 is 1.96 bits per heavy atom. The first-order valence-corrected chi connectivity index (χ1v) is 10.5. The standard InChI is InChI=1S/C18H16N4O3S2/c23-17-15-12-3-1-2-4-14(12)27-16(15)19-18-21(17)20-13(9-26-18)10-5-7-11(8-6-10)22(24)25/h5-8,22,24H,1-4,9H2. The summed E-state index contributed by atoms with van der Waals surface area (Å²) in [6, 6.07) is 6.58. The molecule has 1 atom stereocenters. The molecule has 1 unspecified atom stereocenters. The molecular formula is C18H16N4O3S2. The Balaban J connectivity index is 1.63. The summed E-state index contributed by atoms with van der Waals surface area (Å²) < 4.78 is 1.42. The van der Waals surface area contributed by atoms with Crippen LogP contribution in [-0.4, -0.2) is 26.3 Å². The third kappa shape index (κ3) is 2.82. The van der Waals surface area contributed by atoms with Crippen LogP contribution in [0.15, 0.2) is 39.3 Å². The third-order valence-corrected chi connectivity index (χ3v) is 7.09. The molecule has 0 saturated carbocycles. The highest BCUT2D eigenvalue weighted by atomic mass is 32.2. The Hall–Kier alpha value is -2.04. The summed E-state index contributed by atoms with van der Waals surface area (Å²) in [7, 11) is 0. The lowest BCUT2D eigenvalue weighted by molar-refractivity contribution is -0.991. The molecule has 138 valence electrons. The molecule has 1 aliphatic heterocycles. The maximum Gasteiger partial charge on any atom is 0.283 e. The van der Waals surface area contributed by atoms with E-state index in [0.29, 0.717) is 10.9 Å². The van der Waals surface area contributed by atoms with Crippen LogP contribution >= 0.6 is 23.1 Å². The Kier molecular flexibility index (Phi) is 4.14. The van der Waals surface area contributed by atoms with Gasteiger partial charge in [-0.15, -0.1) is 11.3 Å². The van der Waals surface area contributed by atoms with Crippen molar-refractivity contribution in [2.24, 2.45) is 5.10 Å². The minimum Gasteiger partial charge on any atom is -0.595 e. The second kappa shape index (κ2) is 6.54. The minimum absolute atomic E-state index is 0.0961. The summed E-state index contributed by atoms with van der Waals surface area (Å²) in [6.45, 7) is 0. The smallest absolute Gasteiger partial charge is 0.283 e. The van der Waals surface area contributed by atoms with Gasteiger partial charge in [0.25, 0.3) is 5.56 Å². The lowest BCUT2D eigenvalue weighted by Crippen LogP contribution is -2.99. The molecule has 2 aromatic heterocycles. The summed E-state index contributed by atoms with van der Waals surface area (Å²) >= 11 is 3.13. The third-order valence-electron chi connectivity index (χ3n) is 4.96. The number of thioether (sulfide) groups is 1. The average molecular weight is 400 g/mol. The molecular weight excluding hydrogens is 384 g/mol. The molecule has 0 bridgehead atoms. The van der Waals surface area contributed by atoms with Gasteiger partial charge in [-0.25, -0.2) is 10.2 Å². The Morgan fingerprint density at radius 3 is 2.74 bits per heavy atom. The maximum atomic E-state index is 13.2. The van der Waals surface area contributed by atoms with Crippen molar-refractivity contribution in [1.82, 2.24) is 9.66 Å². The van der Waals surface area contributed by atoms with Crippen LogP contribution in [0.2, 0.25) is 0 Å². The lowest BCUT2D eigenvalue weighted by Gasteiger charge is -2.17. The second-order valence-corrected chi connectivity index (χ2v) is 8.65. The number of thiophene rings is 1. The number of aromatic nitrogens is 2. The molecule has 1 aliphatic carbocycles. The molecule has 2 aliphatic rings. The van der Waals surface area contributed by atoms with Crippen LogP contribution in [0.4, 0.5) is 5.69 Å². The summed E-state index contributed by atoms with van der Waals surface area (Å²) in [5, 5.41) is 25.0. The van der Waals surface area contributed by atoms with Crippen LogP contribution in [0.3, 0.4) is 0 Å². The largest absolute Gasteiger partial charge is 0.595 e. The van der Waals surface area contributed by atoms with Crippen molar-refractivity contribution in [3.8, 4) is 0 Å². The van der Waals surface area contributed by atoms with Gasteiger partial charge in [0.2, 0.25) is 0 Å². The number of benzene rings is 1. The highest BCUT2D eigenvalue weighted by molar-refractivity contribution is 7.99. The highest BCUT2D eigenvalue weighted by Crippen LogP contribution is 2.35. The topological polar surface area (TPSA) is 95.0 Å². The number of hydrogen-bond donors (Lipinski definition) is 2. The molecule has 5 rings (SSSR count). The van der Waals surface area contributed by atoms with Gasteiger partial charge in [0, 0.05) is 22.8 Å². The first-order chi connectivity index (χ1) is 13.1. The maximum absolute atomic E-state index is 13.2. The fourth-order valence-electron chi connectivity index (χ4n) is 3.59. The first-order valence-electron chi connectivity index (χ1n) is 8.73. The average Bonchev–Trinajstić information content (AvgIpc) is 3.06. The number of quaternary nitrogens is 1. The number of fused-ring (bicyclic) bond motifs is 4. The van der Waals surface area contributed by atoms with E-state index in [0.717, 1.165) is 46.3 Å². The SMILES string of the molecule is O=c1c2c3c(sc2nc2n1N=C(c1ccc([NH+]([O-])O)cc1)CS2)CCCC3. The first kappa shape index (κ1) is 17.1. The number of aryl methyl sites for hydroxylation is 2. The molecule has 9 heteroatoms. The van der Waals surface area contributed by atoms with Crippen molar-refractivity contribution < 1.29 is 10.4 Å². The van der Waals surface area contributed by atoms with Crippen molar-refractivity contribution >= 4 is 44.7 Å². The van der Waals surface area contributed by atoms with Gasteiger partial charge in [-0.3, -0.25) is 4.79 Å². The van der Waals surface area contributed by atoms with Crippen LogP contribution in [0.25, 0.3) is 10.2 Å². The summed E-state index contributed by atoms with van der Waals surface area (Å²) in [5.74, 6) is 0.593. The zero-order valence-corrected chi connectivity index (χ0v) is 15.9. The van der Waals surface area contributed by atoms with E-state index in [-0.39, 0.29) is 11.2 Å². The fraction of sp³-hybridized carbons (Fsp3) is 0.278. The summed E-state index contributed by atoms with van der Waals surface area (Å²) in [6.07, 6.45) is 4.25. The predicted octanol–water partition coefficient (Wildman–Crippen LogP) is 2.10. The van der Waals surface area contributed by atoms with Crippen molar-refractivity contribution in [2.75, 3.05) is 5.75 Å². The summed E-state index contributed by atoms with van der Waals surface area (Å²) in [4.78, 5) is 20.0. The van der Waals surface area contributed by atoms with Crippen molar-refractivity contribution in [1.29, 1.82) is 0 Å². The molecule has 0 amide bonds. The lowest BCUT2D eigenvalue weighted by atomic mass is 9.97. The minimum atomic E-state index is -0.961. The molecule has 3 heterocycles. The van der Waals surface area contributed by atoms with Crippen LogP contribution in [0, 0.1) is 5.21 Å². The van der Waals surface area contributed by atoms with Crippen molar-refractivity contribution in [2.45, 2.75) is 30.8 Å². The molecule has 0 saturated heterocycles. The van der Waals surface area contributed by atoms with E-state index >= 15 is 0 Å². The molecule has 27 heavy (non-hydrogen) atoms.